The zero-order valence-electron chi connectivity index (χ0n) is 21.4. The molecule has 0 heterocycles. The van der Waals surface area contributed by atoms with E-state index in [1.165, 1.54) is 0 Å². The van der Waals surface area contributed by atoms with E-state index in [0.717, 1.165) is 0 Å². The van der Waals surface area contributed by atoms with E-state index in [0.29, 0.717) is 43.4 Å². The third-order valence-electron chi connectivity index (χ3n) is 6.57. The van der Waals surface area contributed by atoms with Crippen molar-refractivity contribution in [2.45, 2.75) is 11.2 Å². The van der Waals surface area contributed by atoms with Gasteiger partial charge < -0.3 is 10.2 Å². The average Bonchev–Trinajstić information content (AvgIpc) is 3.00. The monoisotopic (exact) mass is 558 g/mol. The minimum absolute atomic E-state index is 0.429. The van der Waals surface area contributed by atoms with Crippen molar-refractivity contribution in [1.29, 1.82) is 0 Å². The van der Waals surface area contributed by atoms with Crippen LogP contribution in [0, 0.1) is 23.7 Å². The highest BCUT2D eigenvalue weighted by atomic mass is 35.5. The Morgan fingerprint density at radius 1 is 0.425 bits per heavy atom. The average molecular weight is 559 g/mol. The maximum absolute atomic E-state index is 11.7. The minimum atomic E-state index is -1.60. The molecule has 0 amide bonds. The molecule has 5 rings (SSSR count). The van der Waals surface area contributed by atoms with Gasteiger partial charge in [-0.2, -0.15) is 0 Å². The SMILES string of the molecule is OC(C#Cc1ccc(C#CC(O)(c2ccccc2)c2ccccc2Cl)cc1)(c1ccccc1)c1ccccc1Cl. The summed E-state index contributed by atoms with van der Waals surface area (Å²) in [7, 11) is 0. The summed E-state index contributed by atoms with van der Waals surface area (Å²) >= 11 is 12.9. The largest absolute Gasteiger partial charge is 0.369 e. The second-order valence-electron chi connectivity index (χ2n) is 9.19. The first-order valence-electron chi connectivity index (χ1n) is 12.6. The lowest BCUT2D eigenvalue weighted by molar-refractivity contribution is 0.145. The fourth-order valence-corrected chi connectivity index (χ4v) is 4.97. The van der Waals surface area contributed by atoms with Gasteiger partial charge in [0, 0.05) is 43.4 Å². The molecule has 0 aliphatic heterocycles. The van der Waals surface area contributed by atoms with Crippen molar-refractivity contribution in [1.82, 2.24) is 0 Å². The lowest BCUT2D eigenvalue weighted by Gasteiger charge is -2.24. The van der Waals surface area contributed by atoms with Crippen molar-refractivity contribution in [3.63, 3.8) is 0 Å². The number of hydrogen-bond acceptors (Lipinski definition) is 2. The van der Waals surface area contributed by atoms with E-state index >= 15 is 0 Å². The first kappa shape index (κ1) is 27.3. The highest BCUT2D eigenvalue weighted by molar-refractivity contribution is 6.31. The smallest absolute Gasteiger partial charge is 0.178 e. The molecule has 0 saturated heterocycles. The molecular formula is C36H24Cl2O2. The number of halogens is 2. The quantitative estimate of drug-likeness (QED) is 0.223. The standard InChI is InChI=1S/C36H24Cl2O2/c37-33-17-9-7-15-31(33)35(39,29-11-3-1-4-12-29)25-23-27-19-21-28(22-20-27)24-26-36(40,30-13-5-2-6-14-30)32-16-8-10-18-34(32)38/h1-22,39-40H. The Morgan fingerprint density at radius 2 is 0.750 bits per heavy atom. The van der Waals surface area contributed by atoms with Crippen molar-refractivity contribution < 1.29 is 10.2 Å². The van der Waals surface area contributed by atoms with Gasteiger partial charge in [0.2, 0.25) is 0 Å². The maximum Gasteiger partial charge on any atom is 0.178 e. The van der Waals surface area contributed by atoms with E-state index in [9.17, 15) is 10.2 Å². The predicted octanol–water partition coefficient (Wildman–Crippen LogP) is 7.57. The van der Waals surface area contributed by atoms with E-state index in [1.54, 1.807) is 24.3 Å². The van der Waals surface area contributed by atoms with Crippen LogP contribution in [0.1, 0.15) is 33.4 Å². The summed E-state index contributed by atoms with van der Waals surface area (Å²) in [5, 5.41) is 24.3. The van der Waals surface area contributed by atoms with Crippen LogP contribution in [0.25, 0.3) is 0 Å². The van der Waals surface area contributed by atoms with Crippen LogP contribution in [0.4, 0.5) is 0 Å². The highest BCUT2D eigenvalue weighted by Crippen LogP contribution is 2.35. The van der Waals surface area contributed by atoms with Gasteiger partial charge in [-0.1, -0.05) is 144 Å². The molecule has 2 unspecified atom stereocenters. The van der Waals surface area contributed by atoms with Crippen LogP contribution in [0.5, 0.6) is 0 Å². The van der Waals surface area contributed by atoms with Crippen LogP contribution in [-0.4, -0.2) is 10.2 Å². The van der Waals surface area contributed by atoms with Crippen molar-refractivity contribution >= 4 is 23.2 Å². The molecule has 2 atom stereocenters. The van der Waals surface area contributed by atoms with E-state index < -0.39 is 11.2 Å². The molecule has 4 heteroatoms. The third kappa shape index (κ3) is 5.68. The molecule has 5 aromatic rings. The number of rotatable bonds is 4. The first-order chi connectivity index (χ1) is 19.4. The van der Waals surface area contributed by atoms with E-state index in [2.05, 4.69) is 23.7 Å². The van der Waals surface area contributed by atoms with Crippen molar-refractivity contribution in [2.75, 3.05) is 0 Å². The Labute approximate surface area is 244 Å². The Morgan fingerprint density at radius 3 is 1.10 bits per heavy atom. The van der Waals surface area contributed by atoms with Gasteiger partial charge in [-0.3, -0.25) is 0 Å². The molecule has 0 aliphatic rings. The van der Waals surface area contributed by atoms with Gasteiger partial charge in [-0.15, -0.1) is 0 Å². The topological polar surface area (TPSA) is 40.5 Å². The van der Waals surface area contributed by atoms with Crippen molar-refractivity contribution in [3.05, 3.63) is 177 Å². The van der Waals surface area contributed by atoms with Crippen LogP contribution >= 0.6 is 23.2 Å². The number of benzene rings is 5. The summed E-state index contributed by atoms with van der Waals surface area (Å²) in [5.41, 5.74) is 0.456. The van der Waals surface area contributed by atoms with Gasteiger partial charge in [0.15, 0.2) is 11.2 Å². The maximum atomic E-state index is 11.7. The molecule has 0 fully saturated rings. The molecular weight excluding hydrogens is 535 g/mol. The zero-order chi connectivity index (χ0) is 28.0. The van der Waals surface area contributed by atoms with Crippen LogP contribution in [0.2, 0.25) is 10.0 Å². The summed E-state index contributed by atoms with van der Waals surface area (Å²) in [6.07, 6.45) is 0. The molecule has 0 saturated carbocycles. The second-order valence-corrected chi connectivity index (χ2v) is 10.0. The molecule has 0 aliphatic carbocycles. The first-order valence-corrected chi connectivity index (χ1v) is 13.4. The molecule has 0 spiro atoms. The van der Waals surface area contributed by atoms with Gasteiger partial charge in [-0.05, 0) is 36.4 Å². The number of hydrogen-bond donors (Lipinski definition) is 2. The molecule has 40 heavy (non-hydrogen) atoms. The van der Waals surface area contributed by atoms with Gasteiger partial charge in [0.05, 0.1) is 0 Å². The van der Waals surface area contributed by atoms with E-state index in [4.69, 9.17) is 23.2 Å². The summed E-state index contributed by atoms with van der Waals surface area (Å²) < 4.78 is 0. The predicted molar refractivity (Wildman–Crippen MR) is 162 cm³/mol. The molecule has 194 valence electrons. The summed E-state index contributed by atoms with van der Waals surface area (Å²) in [6, 6.07) is 40.1. The third-order valence-corrected chi connectivity index (χ3v) is 7.23. The Kier molecular flexibility index (Phi) is 8.09. The van der Waals surface area contributed by atoms with Crippen molar-refractivity contribution in [2.24, 2.45) is 0 Å². The Balaban J connectivity index is 1.49. The molecule has 2 nitrogen and oxygen atoms in total. The van der Waals surface area contributed by atoms with Gasteiger partial charge in [-0.25, -0.2) is 0 Å². The molecule has 0 radical (unpaired) electrons. The molecule has 0 bridgehead atoms. The Hall–Kier alpha value is -4.28. The van der Waals surface area contributed by atoms with Gasteiger partial charge in [0.1, 0.15) is 0 Å². The lowest BCUT2D eigenvalue weighted by atomic mass is 9.86. The molecule has 0 aromatic heterocycles. The lowest BCUT2D eigenvalue weighted by Crippen LogP contribution is -2.25. The number of aliphatic hydroxyl groups is 2. The van der Waals surface area contributed by atoms with Crippen LogP contribution in [-0.2, 0) is 11.2 Å². The highest BCUT2D eigenvalue weighted by Gasteiger charge is 2.32. The summed E-state index contributed by atoms with van der Waals surface area (Å²) in [6.45, 7) is 0. The zero-order valence-corrected chi connectivity index (χ0v) is 22.9. The normalized spacial score (nSPS) is 13.5. The summed E-state index contributed by atoms with van der Waals surface area (Å²) in [5.74, 6) is 12.3. The van der Waals surface area contributed by atoms with E-state index in [-0.39, 0.29) is 0 Å². The Bertz CT molecular complexity index is 1610. The fourth-order valence-electron chi connectivity index (χ4n) is 4.42. The van der Waals surface area contributed by atoms with Gasteiger partial charge >= 0.3 is 0 Å². The van der Waals surface area contributed by atoms with Crippen LogP contribution in [0.15, 0.2) is 133 Å². The van der Waals surface area contributed by atoms with Crippen LogP contribution in [0.3, 0.4) is 0 Å². The van der Waals surface area contributed by atoms with Crippen molar-refractivity contribution in [3.8, 4) is 23.7 Å². The molecule has 5 aromatic carbocycles. The van der Waals surface area contributed by atoms with Gasteiger partial charge in [0.25, 0.3) is 0 Å². The van der Waals surface area contributed by atoms with Crippen LogP contribution < -0.4 is 0 Å². The fraction of sp³-hybridized carbons (Fsp3) is 0.0556. The summed E-state index contributed by atoms with van der Waals surface area (Å²) in [4.78, 5) is 0. The van der Waals surface area contributed by atoms with E-state index in [1.807, 2.05) is 109 Å². The second kappa shape index (κ2) is 11.8. The molecule has 2 N–H and O–H groups in total. The minimum Gasteiger partial charge on any atom is -0.369 e.